The molecule has 0 amide bonds. The van der Waals surface area contributed by atoms with Crippen molar-refractivity contribution in [1.29, 1.82) is 0 Å². The molecule has 0 saturated carbocycles. The Hall–Kier alpha value is -0.240. The molecule has 3 heteroatoms. The lowest BCUT2D eigenvalue weighted by atomic mass is 10.1. The second-order valence-electron chi connectivity index (χ2n) is 3.71. The first-order valence-corrected chi connectivity index (χ1v) is 6.36. The number of benzene rings is 2. The van der Waals surface area contributed by atoms with Crippen LogP contribution in [0.2, 0.25) is 0 Å². The Bertz CT molecular complexity index is 536. The molecule has 1 aliphatic rings. The Morgan fingerprint density at radius 2 is 1.60 bits per heavy atom. The van der Waals surface area contributed by atoms with Crippen molar-refractivity contribution >= 4 is 49.9 Å². The Labute approximate surface area is 106 Å². The fraction of sp³-hybridized carbons (Fsp3) is 0.167. The zero-order valence-corrected chi connectivity index (χ0v) is 10.8. The van der Waals surface area contributed by atoms with Crippen molar-refractivity contribution in [2.45, 2.75) is 10.8 Å². The third-order valence-electron chi connectivity index (χ3n) is 2.90. The largest absolute Gasteiger partial charge is 0.116 e. The van der Waals surface area contributed by atoms with Crippen LogP contribution in [0.5, 0.6) is 0 Å². The van der Waals surface area contributed by atoms with Gasteiger partial charge in [0.1, 0.15) is 0 Å². The number of halogens is 3. The second kappa shape index (κ2) is 3.38. The quantitative estimate of drug-likeness (QED) is 0.588. The van der Waals surface area contributed by atoms with Crippen molar-refractivity contribution in [3.8, 4) is 0 Å². The van der Waals surface area contributed by atoms with Gasteiger partial charge in [0.05, 0.1) is 10.8 Å². The van der Waals surface area contributed by atoms with Crippen LogP contribution < -0.4 is 0 Å². The summed E-state index contributed by atoms with van der Waals surface area (Å²) in [5.74, 6) is 0. The summed E-state index contributed by atoms with van der Waals surface area (Å²) < 4.78 is 1.10. The predicted octanol–water partition coefficient (Wildman–Crippen LogP) is 5.18. The molecule has 0 spiro atoms. The summed E-state index contributed by atoms with van der Waals surface area (Å²) in [7, 11) is 0. The summed E-state index contributed by atoms with van der Waals surface area (Å²) in [4.78, 5) is 0. The average Bonchev–Trinajstić information content (AvgIpc) is 2.50. The number of alkyl halides is 2. The van der Waals surface area contributed by atoms with Crippen LogP contribution in [0.1, 0.15) is 21.9 Å². The lowest BCUT2D eigenvalue weighted by Crippen LogP contribution is -1.89. The lowest BCUT2D eigenvalue weighted by Gasteiger charge is -2.05. The molecule has 0 aromatic heterocycles. The zero-order chi connectivity index (χ0) is 10.6. The first-order chi connectivity index (χ1) is 7.20. The first-order valence-electron chi connectivity index (χ1n) is 4.69. The molecule has 15 heavy (non-hydrogen) atoms. The molecule has 3 rings (SSSR count). The van der Waals surface area contributed by atoms with Crippen molar-refractivity contribution in [2.24, 2.45) is 0 Å². The maximum Gasteiger partial charge on any atom is 0.0796 e. The van der Waals surface area contributed by atoms with E-state index < -0.39 is 0 Å². The SMILES string of the molecule is ClC1c2cccc3c(Br)ccc(c23)C1Cl. The van der Waals surface area contributed by atoms with Crippen LogP contribution in [-0.2, 0) is 0 Å². The number of hydrogen-bond acceptors (Lipinski definition) is 0. The van der Waals surface area contributed by atoms with Gasteiger partial charge in [0.15, 0.2) is 0 Å². The van der Waals surface area contributed by atoms with E-state index in [0.29, 0.717) is 0 Å². The molecule has 2 unspecified atom stereocenters. The van der Waals surface area contributed by atoms with E-state index in [9.17, 15) is 0 Å². The van der Waals surface area contributed by atoms with E-state index in [0.717, 1.165) is 15.6 Å². The molecule has 0 heterocycles. The highest BCUT2D eigenvalue weighted by Crippen LogP contribution is 2.51. The van der Waals surface area contributed by atoms with Crippen LogP contribution in [-0.4, -0.2) is 0 Å². The fourth-order valence-corrected chi connectivity index (χ4v) is 3.30. The smallest absolute Gasteiger partial charge is 0.0796 e. The van der Waals surface area contributed by atoms with E-state index in [1.54, 1.807) is 0 Å². The number of rotatable bonds is 0. The monoisotopic (exact) mass is 300 g/mol. The molecule has 2 aromatic carbocycles. The minimum Gasteiger partial charge on any atom is -0.116 e. The van der Waals surface area contributed by atoms with Crippen LogP contribution in [0.4, 0.5) is 0 Å². The van der Waals surface area contributed by atoms with E-state index in [-0.39, 0.29) is 10.8 Å². The minimum atomic E-state index is -0.111. The highest BCUT2D eigenvalue weighted by Gasteiger charge is 2.31. The van der Waals surface area contributed by atoms with Gasteiger partial charge in [-0.1, -0.05) is 40.2 Å². The molecule has 0 nitrogen and oxygen atoms in total. The highest BCUT2D eigenvalue weighted by atomic mass is 79.9. The zero-order valence-electron chi connectivity index (χ0n) is 7.68. The van der Waals surface area contributed by atoms with Crippen molar-refractivity contribution in [3.05, 3.63) is 45.9 Å². The Balaban J connectivity index is 2.51. The lowest BCUT2D eigenvalue weighted by molar-refractivity contribution is 0.936. The van der Waals surface area contributed by atoms with Crippen molar-refractivity contribution in [3.63, 3.8) is 0 Å². The van der Waals surface area contributed by atoms with Gasteiger partial charge in [-0.25, -0.2) is 0 Å². The molecule has 0 N–H and O–H groups in total. The molecule has 0 aliphatic heterocycles. The van der Waals surface area contributed by atoms with Crippen LogP contribution in [0, 0.1) is 0 Å². The van der Waals surface area contributed by atoms with Gasteiger partial charge in [0, 0.05) is 4.47 Å². The van der Waals surface area contributed by atoms with Gasteiger partial charge in [0.25, 0.3) is 0 Å². The molecule has 0 fully saturated rings. The van der Waals surface area contributed by atoms with E-state index in [1.165, 1.54) is 10.8 Å². The fourth-order valence-electron chi connectivity index (χ4n) is 2.20. The topological polar surface area (TPSA) is 0 Å². The van der Waals surface area contributed by atoms with E-state index in [1.807, 2.05) is 12.1 Å². The van der Waals surface area contributed by atoms with Crippen LogP contribution in [0.15, 0.2) is 34.8 Å². The molecule has 76 valence electrons. The maximum absolute atomic E-state index is 6.30. The Morgan fingerprint density at radius 1 is 0.933 bits per heavy atom. The molecule has 0 bridgehead atoms. The molecular weight excluding hydrogens is 295 g/mol. The van der Waals surface area contributed by atoms with Gasteiger partial charge >= 0.3 is 0 Å². The molecule has 0 radical (unpaired) electrons. The van der Waals surface area contributed by atoms with Gasteiger partial charge in [-0.3, -0.25) is 0 Å². The van der Waals surface area contributed by atoms with Gasteiger partial charge < -0.3 is 0 Å². The summed E-state index contributed by atoms with van der Waals surface area (Å²) in [6.07, 6.45) is 0. The summed E-state index contributed by atoms with van der Waals surface area (Å²) >= 11 is 16.2. The second-order valence-corrected chi connectivity index (χ2v) is 5.50. The van der Waals surface area contributed by atoms with Gasteiger partial charge in [0.2, 0.25) is 0 Å². The van der Waals surface area contributed by atoms with E-state index in [2.05, 4.69) is 34.1 Å². The van der Waals surface area contributed by atoms with Crippen LogP contribution in [0.3, 0.4) is 0 Å². The Morgan fingerprint density at radius 3 is 2.33 bits per heavy atom. The Kier molecular flexibility index (Phi) is 2.24. The molecule has 2 atom stereocenters. The minimum absolute atomic E-state index is 0.111. The van der Waals surface area contributed by atoms with Crippen LogP contribution >= 0.6 is 39.1 Å². The van der Waals surface area contributed by atoms with Gasteiger partial charge in [-0.05, 0) is 28.0 Å². The van der Waals surface area contributed by atoms with Crippen molar-refractivity contribution in [1.82, 2.24) is 0 Å². The summed E-state index contributed by atoms with van der Waals surface area (Å²) in [5.41, 5.74) is 2.29. The molecule has 1 aliphatic carbocycles. The summed E-state index contributed by atoms with van der Waals surface area (Å²) in [6, 6.07) is 10.3. The normalized spacial score (nSPS) is 23.7. The molecular formula is C12H7BrCl2. The average molecular weight is 302 g/mol. The van der Waals surface area contributed by atoms with Crippen molar-refractivity contribution in [2.75, 3.05) is 0 Å². The molecule has 2 aromatic rings. The van der Waals surface area contributed by atoms with E-state index >= 15 is 0 Å². The highest BCUT2D eigenvalue weighted by molar-refractivity contribution is 9.10. The van der Waals surface area contributed by atoms with Gasteiger partial charge in [-0.2, -0.15) is 0 Å². The molecule has 0 saturated heterocycles. The third kappa shape index (κ3) is 1.27. The summed E-state index contributed by atoms with van der Waals surface area (Å²) in [5, 5.41) is 2.19. The van der Waals surface area contributed by atoms with Gasteiger partial charge in [-0.15, -0.1) is 23.2 Å². The maximum atomic E-state index is 6.30. The van der Waals surface area contributed by atoms with Crippen molar-refractivity contribution < 1.29 is 0 Å². The standard InChI is InChI=1S/C12H7BrCl2/c13-9-5-4-8-10-6(9)2-1-3-7(10)11(14)12(8)15/h1-5,11-12H. The van der Waals surface area contributed by atoms with E-state index in [4.69, 9.17) is 23.2 Å². The summed E-state index contributed by atoms with van der Waals surface area (Å²) in [6.45, 7) is 0. The number of hydrogen-bond donors (Lipinski definition) is 0. The first kappa shape index (κ1) is 9.95. The van der Waals surface area contributed by atoms with Crippen LogP contribution in [0.25, 0.3) is 10.8 Å². The third-order valence-corrected chi connectivity index (χ3v) is 4.70. The predicted molar refractivity (Wildman–Crippen MR) is 68.8 cm³/mol.